The van der Waals surface area contributed by atoms with E-state index in [0.29, 0.717) is 11.3 Å². The van der Waals surface area contributed by atoms with E-state index in [4.69, 9.17) is 9.84 Å². The zero-order chi connectivity index (χ0) is 18.6. The number of nitrogens with one attached hydrogen (secondary N) is 1. The molecule has 0 saturated heterocycles. The number of β-amino-alcohol motifs (C(OH)–C–C–N with tert-alkyl or cyclic N) is 1. The van der Waals surface area contributed by atoms with Crippen molar-refractivity contribution in [3.63, 3.8) is 0 Å². The number of para-hydroxylation sites is 1. The lowest BCUT2D eigenvalue weighted by molar-refractivity contribution is -0.136. The van der Waals surface area contributed by atoms with Crippen molar-refractivity contribution in [1.82, 2.24) is 9.80 Å². The Morgan fingerprint density at radius 1 is 1.32 bits per heavy atom. The lowest BCUT2D eigenvalue weighted by Gasteiger charge is -2.17. The molecule has 8 nitrogen and oxygen atoms in total. The van der Waals surface area contributed by atoms with Crippen molar-refractivity contribution in [2.75, 3.05) is 46.2 Å². The van der Waals surface area contributed by atoms with Gasteiger partial charge in [0.25, 0.3) is 11.8 Å². The summed E-state index contributed by atoms with van der Waals surface area (Å²) >= 11 is 0. The van der Waals surface area contributed by atoms with E-state index in [2.05, 4.69) is 5.32 Å². The van der Waals surface area contributed by atoms with Crippen LogP contribution in [0.1, 0.15) is 10.4 Å². The number of anilines is 1. The number of esters is 1. The number of benzene rings is 1. The van der Waals surface area contributed by atoms with Crippen LogP contribution in [0.3, 0.4) is 0 Å². The van der Waals surface area contributed by atoms with Crippen LogP contribution in [0.15, 0.2) is 35.5 Å². The third-order valence-electron chi connectivity index (χ3n) is 3.78. The maximum Gasteiger partial charge on any atom is 0.337 e. The predicted molar refractivity (Wildman–Crippen MR) is 90.8 cm³/mol. The van der Waals surface area contributed by atoms with E-state index in [1.54, 1.807) is 38.4 Å². The van der Waals surface area contributed by atoms with E-state index in [-0.39, 0.29) is 36.9 Å². The van der Waals surface area contributed by atoms with Crippen LogP contribution in [0.2, 0.25) is 0 Å². The molecule has 25 heavy (non-hydrogen) atoms. The molecule has 0 radical (unpaired) electrons. The van der Waals surface area contributed by atoms with Crippen LogP contribution in [0, 0.1) is 0 Å². The third-order valence-corrected chi connectivity index (χ3v) is 3.78. The highest BCUT2D eigenvalue weighted by Crippen LogP contribution is 2.25. The smallest absolute Gasteiger partial charge is 0.337 e. The molecule has 0 aromatic heterocycles. The predicted octanol–water partition coefficient (Wildman–Crippen LogP) is 0.0619. The SMILES string of the molecule is COC(=O)C1=C(Nc2ccccc2C(=O)N(C)C)C(=O)N(CCO)C1. The van der Waals surface area contributed by atoms with Gasteiger partial charge in [-0.15, -0.1) is 0 Å². The van der Waals surface area contributed by atoms with E-state index in [1.165, 1.54) is 16.9 Å². The van der Waals surface area contributed by atoms with Gasteiger partial charge < -0.3 is 25.0 Å². The van der Waals surface area contributed by atoms with Gasteiger partial charge in [-0.2, -0.15) is 0 Å². The molecule has 2 amide bonds. The summed E-state index contributed by atoms with van der Waals surface area (Å²) < 4.78 is 4.74. The molecular formula is C17H21N3O5. The first-order chi connectivity index (χ1) is 11.9. The van der Waals surface area contributed by atoms with E-state index in [1.807, 2.05) is 0 Å². The Hall–Kier alpha value is -2.87. The fourth-order valence-corrected chi connectivity index (χ4v) is 2.50. The standard InChI is InChI=1S/C17H21N3O5/c1-19(2)15(22)11-6-4-5-7-13(11)18-14-12(17(24)25-3)10-20(8-9-21)16(14)23/h4-7,18,21H,8-10H2,1-3H3. The minimum atomic E-state index is -0.632. The summed E-state index contributed by atoms with van der Waals surface area (Å²) in [5.74, 6) is -1.30. The lowest BCUT2D eigenvalue weighted by atomic mass is 10.1. The molecular weight excluding hydrogens is 326 g/mol. The second-order valence-electron chi connectivity index (χ2n) is 5.67. The summed E-state index contributed by atoms with van der Waals surface area (Å²) in [6.07, 6.45) is 0. The molecule has 1 aliphatic rings. The molecule has 0 spiro atoms. The Morgan fingerprint density at radius 2 is 2.00 bits per heavy atom. The van der Waals surface area contributed by atoms with E-state index >= 15 is 0 Å². The zero-order valence-corrected chi connectivity index (χ0v) is 14.4. The van der Waals surface area contributed by atoms with Crippen molar-refractivity contribution in [3.05, 3.63) is 41.1 Å². The normalized spacial score (nSPS) is 13.9. The van der Waals surface area contributed by atoms with E-state index < -0.39 is 11.9 Å². The summed E-state index contributed by atoms with van der Waals surface area (Å²) in [5, 5.41) is 12.0. The van der Waals surface area contributed by atoms with Gasteiger partial charge in [0, 0.05) is 20.6 Å². The lowest BCUT2D eigenvalue weighted by Crippen LogP contribution is -2.31. The maximum atomic E-state index is 12.5. The van der Waals surface area contributed by atoms with Crippen molar-refractivity contribution >= 4 is 23.5 Å². The summed E-state index contributed by atoms with van der Waals surface area (Å²) in [4.78, 5) is 39.6. The first kappa shape index (κ1) is 18.5. The molecule has 0 atom stereocenters. The van der Waals surface area contributed by atoms with Gasteiger partial charge in [-0.25, -0.2) is 4.79 Å². The van der Waals surface area contributed by atoms with Gasteiger partial charge in [0.05, 0.1) is 37.1 Å². The molecule has 1 aromatic carbocycles. The highest BCUT2D eigenvalue weighted by atomic mass is 16.5. The number of nitrogens with zero attached hydrogens (tertiary/aromatic N) is 2. The molecule has 0 aliphatic carbocycles. The van der Waals surface area contributed by atoms with Crippen LogP contribution >= 0.6 is 0 Å². The van der Waals surface area contributed by atoms with E-state index in [0.717, 1.165) is 0 Å². The average molecular weight is 347 g/mol. The van der Waals surface area contributed by atoms with Gasteiger partial charge in [0.2, 0.25) is 0 Å². The number of amides is 2. The fourth-order valence-electron chi connectivity index (χ4n) is 2.50. The van der Waals surface area contributed by atoms with Gasteiger partial charge in [-0.3, -0.25) is 9.59 Å². The number of carbonyl (C=O) groups is 3. The Labute approximate surface area is 145 Å². The minimum absolute atomic E-state index is 0.0399. The van der Waals surface area contributed by atoms with E-state index in [9.17, 15) is 14.4 Å². The number of carbonyl (C=O) groups excluding carboxylic acids is 3. The van der Waals surface area contributed by atoms with Gasteiger partial charge >= 0.3 is 5.97 Å². The molecule has 2 N–H and O–H groups in total. The second-order valence-corrected chi connectivity index (χ2v) is 5.67. The second kappa shape index (κ2) is 7.80. The van der Waals surface area contributed by atoms with Crippen molar-refractivity contribution < 1.29 is 24.2 Å². The summed E-state index contributed by atoms with van der Waals surface area (Å²) in [5.41, 5.74) is 1.00. The Morgan fingerprint density at radius 3 is 2.60 bits per heavy atom. The zero-order valence-electron chi connectivity index (χ0n) is 14.4. The number of rotatable bonds is 6. The molecule has 0 unspecified atom stereocenters. The first-order valence-corrected chi connectivity index (χ1v) is 7.70. The van der Waals surface area contributed by atoms with Crippen molar-refractivity contribution in [1.29, 1.82) is 0 Å². The minimum Gasteiger partial charge on any atom is -0.466 e. The Kier molecular flexibility index (Phi) is 5.76. The quantitative estimate of drug-likeness (QED) is 0.706. The highest BCUT2D eigenvalue weighted by Gasteiger charge is 2.34. The van der Waals surface area contributed by atoms with Crippen LogP contribution in [-0.4, -0.2) is 73.6 Å². The summed E-state index contributed by atoms with van der Waals surface area (Å²) in [7, 11) is 4.49. The summed E-state index contributed by atoms with van der Waals surface area (Å²) in [6, 6.07) is 6.72. The number of hydrogen-bond acceptors (Lipinski definition) is 6. The molecule has 0 saturated carbocycles. The molecule has 2 rings (SSSR count). The van der Waals surface area contributed by atoms with Gasteiger partial charge in [-0.05, 0) is 12.1 Å². The van der Waals surface area contributed by atoms with Crippen molar-refractivity contribution in [2.45, 2.75) is 0 Å². The molecule has 1 heterocycles. The van der Waals surface area contributed by atoms with Crippen LogP contribution in [-0.2, 0) is 14.3 Å². The van der Waals surface area contributed by atoms with Crippen LogP contribution < -0.4 is 5.32 Å². The average Bonchev–Trinajstić information content (AvgIpc) is 2.91. The fraction of sp³-hybridized carbons (Fsp3) is 0.353. The van der Waals surface area contributed by atoms with Crippen molar-refractivity contribution in [2.24, 2.45) is 0 Å². The Balaban J connectivity index is 2.41. The van der Waals surface area contributed by atoms with Gasteiger partial charge in [-0.1, -0.05) is 12.1 Å². The number of aliphatic hydroxyl groups is 1. The molecule has 0 bridgehead atoms. The number of methoxy groups -OCH3 is 1. The topological polar surface area (TPSA) is 99.2 Å². The third kappa shape index (κ3) is 3.80. The maximum absolute atomic E-state index is 12.5. The molecule has 1 aromatic rings. The molecule has 0 fully saturated rings. The van der Waals surface area contributed by atoms with Crippen LogP contribution in [0.5, 0.6) is 0 Å². The van der Waals surface area contributed by atoms with Crippen LogP contribution in [0.4, 0.5) is 5.69 Å². The monoisotopic (exact) mass is 347 g/mol. The van der Waals surface area contributed by atoms with Crippen LogP contribution in [0.25, 0.3) is 0 Å². The van der Waals surface area contributed by atoms with Crippen molar-refractivity contribution in [3.8, 4) is 0 Å². The molecule has 1 aliphatic heterocycles. The molecule has 8 heteroatoms. The number of aliphatic hydroxyl groups excluding tert-OH is 1. The highest BCUT2D eigenvalue weighted by molar-refractivity contribution is 6.09. The van der Waals surface area contributed by atoms with Gasteiger partial charge in [0.15, 0.2) is 0 Å². The Bertz CT molecular complexity index is 727. The molecule has 134 valence electrons. The number of hydrogen-bond donors (Lipinski definition) is 2. The summed E-state index contributed by atoms with van der Waals surface area (Å²) in [6.45, 7) is -0.0792. The number of ether oxygens (including phenoxy) is 1. The first-order valence-electron chi connectivity index (χ1n) is 7.70. The van der Waals surface area contributed by atoms with Gasteiger partial charge in [0.1, 0.15) is 5.70 Å². The largest absolute Gasteiger partial charge is 0.466 e.